The third-order valence-electron chi connectivity index (χ3n) is 6.46. The number of para-hydroxylation sites is 1. The van der Waals surface area contributed by atoms with E-state index in [1.807, 2.05) is 55.5 Å². The van der Waals surface area contributed by atoms with Crippen molar-refractivity contribution in [1.29, 1.82) is 0 Å². The van der Waals surface area contributed by atoms with Crippen LogP contribution in [0.25, 0.3) is 10.9 Å². The van der Waals surface area contributed by atoms with E-state index in [-0.39, 0.29) is 37.4 Å². The Bertz CT molecular complexity index is 1160. The van der Waals surface area contributed by atoms with Gasteiger partial charge in [-0.1, -0.05) is 41.9 Å². The molecule has 5 rings (SSSR count). The van der Waals surface area contributed by atoms with Gasteiger partial charge >= 0.3 is 0 Å². The number of aliphatic hydroxyl groups excluding tert-OH is 1. The molecule has 2 atom stereocenters. The fraction of sp³-hybridized carbons (Fsp3) is 0.304. The molecule has 30 heavy (non-hydrogen) atoms. The minimum Gasteiger partial charge on any atom is -0.395 e. The number of aliphatic hydroxyl groups is 1. The normalized spacial score (nSPS) is 23.6. The highest BCUT2D eigenvalue weighted by atomic mass is 35.5. The minimum atomic E-state index is -1.14. The summed E-state index contributed by atoms with van der Waals surface area (Å²) in [4.78, 5) is 33.3. The Morgan fingerprint density at radius 1 is 1.17 bits per heavy atom. The molecule has 0 saturated carbocycles. The quantitative estimate of drug-likeness (QED) is 0.680. The van der Waals surface area contributed by atoms with Crippen molar-refractivity contribution in [3.05, 3.63) is 70.4 Å². The van der Waals surface area contributed by atoms with E-state index in [0.29, 0.717) is 11.6 Å². The summed E-state index contributed by atoms with van der Waals surface area (Å²) in [5, 5.41) is 11.1. The van der Waals surface area contributed by atoms with E-state index in [2.05, 4.69) is 4.98 Å². The third kappa shape index (κ3) is 2.60. The number of H-pyrrole nitrogens is 1. The second-order valence-electron chi connectivity index (χ2n) is 8.09. The lowest BCUT2D eigenvalue weighted by Crippen LogP contribution is -2.67. The van der Waals surface area contributed by atoms with Gasteiger partial charge in [0, 0.05) is 34.9 Å². The highest BCUT2D eigenvalue weighted by molar-refractivity contribution is 6.30. The highest BCUT2D eigenvalue weighted by Crippen LogP contribution is 2.48. The van der Waals surface area contributed by atoms with Gasteiger partial charge in [0.05, 0.1) is 18.8 Å². The van der Waals surface area contributed by atoms with Crippen molar-refractivity contribution in [2.45, 2.75) is 18.4 Å². The molecule has 7 heteroatoms. The van der Waals surface area contributed by atoms with Crippen LogP contribution in [0.2, 0.25) is 5.02 Å². The molecule has 2 aromatic carbocycles. The molecule has 154 valence electrons. The lowest BCUT2D eigenvalue weighted by molar-refractivity contribution is -0.166. The molecule has 1 aromatic heterocycles. The number of aromatic nitrogens is 1. The summed E-state index contributed by atoms with van der Waals surface area (Å²) >= 11 is 6.10. The zero-order chi connectivity index (χ0) is 21.0. The molecular formula is C23H22ClN3O3. The molecule has 2 N–H and O–H groups in total. The molecular weight excluding hydrogens is 402 g/mol. The van der Waals surface area contributed by atoms with E-state index in [1.54, 1.807) is 4.90 Å². The highest BCUT2D eigenvalue weighted by Gasteiger charge is 2.56. The Hall–Kier alpha value is -2.83. The van der Waals surface area contributed by atoms with Gasteiger partial charge in [0.1, 0.15) is 0 Å². The summed E-state index contributed by atoms with van der Waals surface area (Å²) in [6.45, 7) is 2.16. The number of hydrogen-bond donors (Lipinski definition) is 2. The van der Waals surface area contributed by atoms with Crippen LogP contribution in [0, 0.1) is 0 Å². The number of halogens is 1. The fourth-order valence-electron chi connectivity index (χ4n) is 4.97. The van der Waals surface area contributed by atoms with Gasteiger partial charge in [-0.05, 0) is 36.2 Å². The standard InChI is InChI=1S/C23H22ClN3O3/c1-23-21-20(16-4-2-3-5-18(16)25-21)17(14-6-8-15(24)9-7-14)12-27(23)19(29)13-26(10-11-28)22(23)30/h2-9,17,25,28H,10-13H2,1H3/t17-,23+/m1/s1. The maximum atomic E-state index is 13.5. The smallest absolute Gasteiger partial charge is 0.255 e. The molecule has 1 saturated heterocycles. The van der Waals surface area contributed by atoms with Crippen LogP contribution in [0.3, 0.4) is 0 Å². The molecule has 0 bridgehead atoms. The van der Waals surface area contributed by atoms with Crippen molar-refractivity contribution in [2.24, 2.45) is 0 Å². The predicted molar refractivity (Wildman–Crippen MR) is 114 cm³/mol. The SMILES string of the molecule is C[C@]12C(=O)N(CCO)CC(=O)N1C[C@H](c1ccc(Cl)cc1)c1c2[nH]c2ccccc12. The van der Waals surface area contributed by atoms with Crippen molar-refractivity contribution < 1.29 is 14.7 Å². The van der Waals surface area contributed by atoms with Gasteiger partial charge in [0.15, 0.2) is 5.54 Å². The summed E-state index contributed by atoms with van der Waals surface area (Å²) in [6, 6.07) is 15.6. The number of aromatic amines is 1. The maximum Gasteiger partial charge on any atom is 0.255 e. The van der Waals surface area contributed by atoms with Crippen molar-refractivity contribution in [2.75, 3.05) is 26.2 Å². The van der Waals surface area contributed by atoms with E-state index in [9.17, 15) is 14.7 Å². The lowest BCUT2D eigenvalue weighted by atomic mass is 9.76. The zero-order valence-electron chi connectivity index (χ0n) is 16.6. The van der Waals surface area contributed by atoms with E-state index < -0.39 is 5.54 Å². The zero-order valence-corrected chi connectivity index (χ0v) is 17.3. The average molecular weight is 424 g/mol. The Labute approximate surface area is 179 Å². The maximum absolute atomic E-state index is 13.5. The third-order valence-corrected chi connectivity index (χ3v) is 6.71. The molecule has 3 aromatic rings. The Balaban J connectivity index is 1.76. The monoisotopic (exact) mass is 423 g/mol. The van der Waals surface area contributed by atoms with Gasteiger partial charge < -0.3 is 19.9 Å². The van der Waals surface area contributed by atoms with Crippen LogP contribution >= 0.6 is 11.6 Å². The molecule has 2 aliphatic rings. The number of hydrogen-bond acceptors (Lipinski definition) is 3. The summed E-state index contributed by atoms with van der Waals surface area (Å²) in [5.74, 6) is -0.366. The lowest BCUT2D eigenvalue weighted by Gasteiger charge is -2.51. The number of nitrogens with one attached hydrogen (secondary N) is 1. The number of β-amino-alcohol motifs (C(OH)–C–C–N with tert-alkyl or cyclic N) is 1. The Morgan fingerprint density at radius 2 is 1.90 bits per heavy atom. The number of rotatable bonds is 3. The molecule has 0 unspecified atom stereocenters. The first-order valence-corrected chi connectivity index (χ1v) is 10.4. The van der Waals surface area contributed by atoms with Crippen LogP contribution in [0.4, 0.5) is 0 Å². The number of carbonyl (C=O) groups is 2. The summed E-state index contributed by atoms with van der Waals surface area (Å²) in [7, 11) is 0. The molecule has 6 nitrogen and oxygen atoms in total. The summed E-state index contributed by atoms with van der Waals surface area (Å²) < 4.78 is 0. The first-order chi connectivity index (χ1) is 14.4. The number of piperazine rings is 1. The van der Waals surface area contributed by atoms with Crippen LogP contribution in [-0.4, -0.2) is 57.9 Å². The van der Waals surface area contributed by atoms with E-state index in [1.165, 1.54) is 4.90 Å². The molecule has 0 spiro atoms. The van der Waals surface area contributed by atoms with Gasteiger partial charge in [-0.25, -0.2) is 0 Å². The van der Waals surface area contributed by atoms with Crippen LogP contribution in [0.15, 0.2) is 48.5 Å². The van der Waals surface area contributed by atoms with Gasteiger partial charge in [-0.3, -0.25) is 9.59 Å². The minimum absolute atomic E-state index is 0.0160. The molecule has 3 heterocycles. The van der Waals surface area contributed by atoms with Crippen LogP contribution in [0.1, 0.15) is 29.7 Å². The Kier molecular flexibility index (Phi) is 4.38. The van der Waals surface area contributed by atoms with Crippen molar-refractivity contribution in [3.8, 4) is 0 Å². The first kappa shape index (κ1) is 19.2. The van der Waals surface area contributed by atoms with Gasteiger partial charge in [0.2, 0.25) is 5.91 Å². The second kappa shape index (κ2) is 6.86. The van der Waals surface area contributed by atoms with E-state index in [4.69, 9.17) is 11.6 Å². The molecule has 1 fully saturated rings. The average Bonchev–Trinajstić information content (AvgIpc) is 3.14. The first-order valence-electron chi connectivity index (χ1n) is 10.0. The van der Waals surface area contributed by atoms with Gasteiger partial charge in [0.25, 0.3) is 5.91 Å². The van der Waals surface area contributed by atoms with Crippen LogP contribution < -0.4 is 0 Å². The summed E-state index contributed by atoms with van der Waals surface area (Å²) in [5.41, 5.74) is 2.63. The van der Waals surface area contributed by atoms with Crippen molar-refractivity contribution >= 4 is 34.3 Å². The number of benzene rings is 2. The van der Waals surface area contributed by atoms with Crippen molar-refractivity contribution in [3.63, 3.8) is 0 Å². The van der Waals surface area contributed by atoms with Crippen LogP contribution in [-0.2, 0) is 15.1 Å². The van der Waals surface area contributed by atoms with E-state index >= 15 is 0 Å². The van der Waals surface area contributed by atoms with Crippen LogP contribution in [0.5, 0.6) is 0 Å². The topological polar surface area (TPSA) is 76.6 Å². The fourth-order valence-corrected chi connectivity index (χ4v) is 5.10. The van der Waals surface area contributed by atoms with E-state index in [0.717, 1.165) is 27.7 Å². The molecule has 2 aliphatic heterocycles. The Morgan fingerprint density at radius 3 is 2.63 bits per heavy atom. The molecule has 0 radical (unpaired) electrons. The molecule has 2 amide bonds. The summed E-state index contributed by atoms with van der Waals surface area (Å²) in [6.07, 6.45) is 0. The molecule has 0 aliphatic carbocycles. The van der Waals surface area contributed by atoms with Crippen molar-refractivity contribution in [1.82, 2.24) is 14.8 Å². The number of fused-ring (bicyclic) bond motifs is 5. The van der Waals surface area contributed by atoms with Gasteiger partial charge in [-0.15, -0.1) is 0 Å². The number of carbonyl (C=O) groups excluding carboxylic acids is 2. The number of amides is 2. The largest absolute Gasteiger partial charge is 0.395 e. The van der Waals surface area contributed by atoms with Gasteiger partial charge in [-0.2, -0.15) is 0 Å². The predicted octanol–water partition coefficient (Wildman–Crippen LogP) is 2.85. The number of nitrogens with zero attached hydrogens (tertiary/aromatic N) is 2. The second-order valence-corrected chi connectivity index (χ2v) is 8.53.